The summed E-state index contributed by atoms with van der Waals surface area (Å²) in [5, 5.41) is 7.56. The normalized spacial score (nSPS) is 23.2. The second kappa shape index (κ2) is 9.78. The predicted octanol–water partition coefficient (Wildman–Crippen LogP) is 3.75. The molecule has 3 atom stereocenters. The molecular weight excluding hydrogens is 374 g/mol. The standard InChI is InChI=1S/C18H29N5O2S.C2H6/c1-18(2,3)25-17(24)23-10-11-6-13(23)7-14(11)20-8-12-9-21-16(26-5)22-15(12)19-4;1-2/h9,11,13-14,20H,6-8,10H2,1-5H3,(H,19,21,22);1-2H3. The summed E-state index contributed by atoms with van der Waals surface area (Å²) in [6.45, 7) is 11.2. The molecule has 2 N–H and O–H groups in total. The zero-order valence-corrected chi connectivity index (χ0v) is 19.0. The van der Waals surface area contributed by atoms with Crippen LogP contribution in [0.4, 0.5) is 10.6 Å². The molecule has 1 saturated carbocycles. The molecule has 3 rings (SSSR count). The largest absolute Gasteiger partial charge is 0.444 e. The van der Waals surface area contributed by atoms with Crippen LogP contribution in [0.25, 0.3) is 0 Å². The third kappa shape index (κ3) is 5.50. The first-order valence-corrected chi connectivity index (χ1v) is 11.3. The number of thioether (sulfide) groups is 1. The number of rotatable bonds is 5. The van der Waals surface area contributed by atoms with Gasteiger partial charge in [0.25, 0.3) is 0 Å². The molecule has 1 saturated heterocycles. The Bertz CT molecular complexity index is 664. The minimum absolute atomic E-state index is 0.179. The third-order valence-corrected chi connectivity index (χ3v) is 5.55. The molecule has 28 heavy (non-hydrogen) atoms. The van der Waals surface area contributed by atoms with Gasteiger partial charge in [-0.3, -0.25) is 0 Å². The fourth-order valence-electron chi connectivity index (χ4n) is 3.82. The number of carbonyl (C=O) groups excluding carboxylic acids is 1. The van der Waals surface area contributed by atoms with E-state index >= 15 is 0 Å². The number of anilines is 1. The highest BCUT2D eigenvalue weighted by Gasteiger charge is 2.47. The Kier molecular flexibility index (Phi) is 7.95. The van der Waals surface area contributed by atoms with Crippen LogP contribution in [-0.4, -0.2) is 58.5 Å². The second-order valence-electron chi connectivity index (χ2n) is 7.99. The number of nitrogens with zero attached hydrogens (tertiary/aromatic N) is 3. The number of likely N-dealkylation sites (tertiary alicyclic amines) is 1. The van der Waals surface area contributed by atoms with Crippen LogP contribution in [0.5, 0.6) is 0 Å². The average molecular weight is 410 g/mol. The minimum Gasteiger partial charge on any atom is -0.444 e. The highest BCUT2D eigenvalue weighted by Crippen LogP contribution is 2.38. The van der Waals surface area contributed by atoms with E-state index < -0.39 is 5.60 Å². The molecule has 2 heterocycles. The number of fused-ring (bicyclic) bond motifs is 2. The van der Waals surface area contributed by atoms with Crippen molar-refractivity contribution < 1.29 is 9.53 Å². The van der Waals surface area contributed by atoms with Crippen molar-refractivity contribution in [3.8, 4) is 0 Å². The van der Waals surface area contributed by atoms with Crippen molar-refractivity contribution in [2.45, 2.75) is 76.8 Å². The van der Waals surface area contributed by atoms with Gasteiger partial charge in [-0.05, 0) is 45.8 Å². The third-order valence-electron chi connectivity index (χ3n) is 4.99. The molecule has 158 valence electrons. The maximum absolute atomic E-state index is 12.3. The lowest BCUT2D eigenvalue weighted by atomic mass is 10.0. The van der Waals surface area contributed by atoms with E-state index in [4.69, 9.17) is 4.74 Å². The number of nitrogens with one attached hydrogen (secondary N) is 2. The van der Waals surface area contributed by atoms with E-state index in [1.165, 1.54) is 11.8 Å². The number of ether oxygens (including phenoxy) is 1. The number of amides is 1. The summed E-state index contributed by atoms with van der Waals surface area (Å²) in [6, 6.07) is 0.704. The van der Waals surface area contributed by atoms with Crippen LogP contribution >= 0.6 is 11.8 Å². The van der Waals surface area contributed by atoms with Crippen molar-refractivity contribution in [3.05, 3.63) is 11.8 Å². The van der Waals surface area contributed by atoms with Crippen molar-refractivity contribution in [2.24, 2.45) is 5.92 Å². The molecular formula is C20H35N5O2S. The van der Waals surface area contributed by atoms with Crippen molar-refractivity contribution in [1.82, 2.24) is 20.2 Å². The molecule has 1 aliphatic carbocycles. The first kappa shape index (κ1) is 22.7. The van der Waals surface area contributed by atoms with Gasteiger partial charge in [0.15, 0.2) is 5.16 Å². The van der Waals surface area contributed by atoms with Crippen molar-refractivity contribution in [1.29, 1.82) is 0 Å². The fourth-order valence-corrected chi connectivity index (χ4v) is 4.16. The zero-order chi connectivity index (χ0) is 20.9. The molecule has 3 unspecified atom stereocenters. The summed E-state index contributed by atoms with van der Waals surface area (Å²) < 4.78 is 5.53. The van der Waals surface area contributed by atoms with Crippen molar-refractivity contribution in [2.75, 3.05) is 25.2 Å². The van der Waals surface area contributed by atoms with Gasteiger partial charge in [-0.15, -0.1) is 0 Å². The van der Waals surface area contributed by atoms with Crippen molar-refractivity contribution >= 4 is 23.7 Å². The number of carbonyl (C=O) groups is 1. The van der Waals surface area contributed by atoms with Gasteiger partial charge in [-0.2, -0.15) is 0 Å². The Morgan fingerprint density at radius 2 is 2.07 bits per heavy atom. The maximum Gasteiger partial charge on any atom is 0.410 e. The Labute approximate surface area is 173 Å². The summed E-state index contributed by atoms with van der Waals surface area (Å²) in [7, 11) is 1.88. The molecule has 2 fully saturated rings. The zero-order valence-electron chi connectivity index (χ0n) is 18.2. The summed E-state index contributed by atoms with van der Waals surface area (Å²) in [5.74, 6) is 1.35. The van der Waals surface area contributed by atoms with Crippen LogP contribution in [0.2, 0.25) is 0 Å². The minimum atomic E-state index is -0.441. The Hall–Kier alpha value is -1.54. The predicted molar refractivity (Wildman–Crippen MR) is 115 cm³/mol. The first-order chi connectivity index (χ1) is 13.3. The molecule has 0 radical (unpaired) electrons. The van der Waals surface area contributed by atoms with Crippen LogP contribution in [0.3, 0.4) is 0 Å². The highest BCUT2D eigenvalue weighted by atomic mass is 32.2. The Morgan fingerprint density at radius 1 is 1.36 bits per heavy atom. The Balaban J connectivity index is 0.00000136. The van der Waals surface area contributed by atoms with Crippen LogP contribution in [0, 0.1) is 5.92 Å². The molecule has 1 aromatic rings. The lowest BCUT2D eigenvalue weighted by Gasteiger charge is -2.33. The van der Waals surface area contributed by atoms with Crippen LogP contribution in [0.15, 0.2) is 11.4 Å². The SMILES string of the molecule is CC.CNc1nc(SC)ncc1CNC1CC2CC1CN2C(=O)OC(C)(C)C. The van der Waals surface area contributed by atoms with E-state index in [0.29, 0.717) is 12.0 Å². The summed E-state index contributed by atoms with van der Waals surface area (Å²) >= 11 is 1.53. The summed E-state index contributed by atoms with van der Waals surface area (Å²) in [5.41, 5.74) is 0.625. The molecule has 8 heteroatoms. The highest BCUT2D eigenvalue weighted by molar-refractivity contribution is 7.98. The van der Waals surface area contributed by atoms with Gasteiger partial charge in [0.2, 0.25) is 0 Å². The van der Waals surface area contributed by atoms with E-state index in [1.54, 1.807) is 0 Å². The van der Waals surface area contributed by atoms with E-state index in [-0.39, 0.29) is 12.1 Å². The number of piperidine rings is 1. The Morgan fingerprint density at radius 3 is 2.61 bits per heavy atom. The smallest absolute Gasteiger partial charge is 0.410 e. The van der Waals surface area contributed by atoms with Crippen LogP contribution < -0.4 is 10.6 Å². The number of hydrogen-bond acceptors (Lipinski definition) is 7. The van der Waals surface area contributed by atoms with E-state index in [0.717, 1.165) is 42.5 Å². The monoisotopic (exact) mass is 409 g/mol. The number of hydrogen-bond donors (Lipinski definition) is 2. The molecule has 2 bridgehead atoms. The molecule has 0 aromatic carbocycles. The van der Waals surface area contributed by atoms with Gasteiger partial charge in [-0.1, -0.05) is 25.6 Å². The molecule has 2 aliphatic rings. The van der Waals surface area contributed by atoms with Crippen LogP contribution in [-0.2, 0) is 11.3 Å². The van der Waals surface area contributed by atoms with E-state index in [2.05, 4.69) is 20.6 Å². The molecule has 1 aromatic heterocycles. The maximum atomic E-state index is 12.3. The van der Waals surface area contributed by atoms with Gasteiger partial charge in [0.1, 0.15) is 11.4 Å². The first-order valence-electron chi connectivity index (χ1n) is 10.1. The van der Waals surface area contributed by atoms with Crippen molar-refractivity contribution in [3.63, 3.8) is 0 Å². The van der Waals surface area contributed by atoms with Gasteiger partial charge < -0.3 is 20.3 Å². The fraction of sp³-hybridized carbons (Fsp3) is 0.750. The molecule has 1 aliphatic heterocycles. The van der Waals surface area contributed by atoms with Crippen LogP contribution in [0.1, 0.15) is 53.0 Å². The summed E-state index contributed by atoms with van der Waals surface area (Å²) in [6.07, 6.45) is 5.71. The molecule has 7 nitrogen and oxygen atoms in total. The quantitative estimate of drug-likeness (QED) is 0.566. The topological polar surface area (TPSA) is 79.4 Å². The van der Waals surface area contributed by atoms with E-state index in [1.807, 2.05) is 59.0 Å². The lowest BCUT2D eigenvalue weighted by molar-refractivity contribution is 0.0174. The van der Waals surface area contributed by atoms with Gasteiger partial charge in [0.05, 0.1) is 0 Å². The summed E-state index contributed by atoms with van der Waals surface area (Å²) in [4.78, 5) is 23.1. The molecule has 0 spiro atoms. The second-order valence-corrected chi connectivity index (χ2v) is 8.76. The van der Waals surface area contributed by atoms with Gasteiger partial charge in [-0.25, -0.2) is 14.8 Å². The lowest BCUT2D eigenvalue weighted by Crippen LogP contribution is -2.47. The van der Waals surface area contributed by atoms with Gasteiger partial charge >= 0.3 is 6.09 Å². The average Bonchev–Trinajstić information content (AvgIpc) is 3.27. The molecule has 1 amide bonds. The van der Waals surface area contributed by atoms with E-state index in [9.17, 15) is 4.79 Å². The van der Waals surface area contributed by atoms with Gasteiger partial charge in [0, 0.05) is 44.0 Å². The number of aromatic nitrogens is 2.